The van der Waals surface area contributed by atoms with Crippen LogP contribution in [0.5, 0.6) is 0 Å². The fourth-order valence-corrected chi connectivity index (χ4v) is 2.74. The van der Waals surface area contributed by atoms with Crippen molar-refractivity contribution in [3.05, 3.63) is 42.0 Å². The number of hydrogen-bond acceptors (Lipinski definition) is 3. The van der Waals surface area contributed by atoms with Crippen LogP contribution in [0.15, 0.2) is 41.4 Å². The predicted molar refractivity (Wildman–Crippen MR) is 87.7 cm³/mol. The van der Waals surface area contributed by atoms with E-state index in [1.54, 1.807) is 0 Å². The number of nitrogens with one attached hydrogen (secondary N) is 2. The molecule has 0 saturated carbocycles. The van der Waals surface area contributed by atoms with E-state index in [4.69, 9.17) is 0 Å². The minimum Gasteiger partial charge on any atom is -0.385 e. The van der Waals surface area contributed by atoms with E-state index < -0.39 is 0 Å². The van der Waals surface area contributed by atoms with Gasteiger partial charge in [0, 0.05) is 44.0 Å². The van der Waals surface area contributed by atoms with Crippen molar-refractivity contribution in [2.24, 2.45) is 4.99 Å². The Morgan fingerprint density at radius 2 is 2.25 bits per heavy atom. The maximum Gasteiger partial charge on any atom is 0.0388 e. The van der Waals surface area contributed by atoms with Gasteiger partial charge in [-0.25, -0.2) is 0 Å². The summed E-state index contributed by atoms with van der Waals surface area (Å²) < 4.78 is 0. The van der Waals surface area contributed by atoms with Gasteiger partial charge in [-0.2, -0.15) is 0 Å². The van der Waals surface area contributed by atoms with Gasteiger partial charge < -0.3 is 10.6 Å². The van der Waals surface area contributed by atoms with Crippen LogP contribution in [0.1, 0.15) is 37.8 Å². The number of hydrogen-bond donors (Lipinski definition) is 2. The van der Waals surface area contributed by atoms with Crippen molar-refractivity contribution in [1.29, 1.82) is 0 Å². The normalized spacial score (nSPS) is 18.9. The van der Waals surface area contributed by atoms with Crippen LogP contribution in [-0.2, 0) is 0 Å². The fraction of sp³-hybridized carbons (Fsp3) is 0.471. The molecule has 1 aliphatic heterocycles. The standard InChI is InChI=1S/C17H25N3/c1-13(2)15(18-3)10-12-20-17-9-6-11-19-16-8-5-4-7-14(16)17/h4-5,7-8,17,19-20H,1,6,9-12H2,2-3H3. The first kappa shape index (κ1) is 14.8. The molecule has 0 spiro atoms. The average molecular weight is 271 g/mol. The Morgan fingerprint density at radius 3 is 3.00 bits per heavy atom. The molecule has 0 amide bonds. The van der Waals surface area contributed by atoms with Gasteiger partial charge in [0.1, 0.15) is 0 Å². The molecule has 1 aromatic rings. The number of para-hydroxylation sites is 1. The third kappa shape index (κ3) is 3.70. The lowest BCUT2D eigenvalue weighted by Gasteiger charge is -2.19. The zero-order chi connectivity index (χ0) is 14.4. The lowest BCUT2D eigenvalue weighted by Crippen LogP contribution is -2.24. The SMILES string of the molecule is C=C(C)C(CCNC1CCCNc2ccccc21)=NC. The van der Waals surface area contributed by atoms with E-state index in [9.17, 15) is 0 Å². The summed E-state index contributed by atoms with van der Waals surface area (Å²) in [4.78, 5) is 4.30. The molecule has 3 nitrogen and oxygen atoms in total. The number of rotatable bonds is 5. The van der Waals surface area contributed by atoms with Crippen LogP contribution in [0.4, 0.5) is 5.69 Å². The summed E-state index contributed by atoms with van der Waals surface area (Å²) in [7, 11) is 1.84. The van der Waals surface area contributed by atoms with Crippen LogP contribution in [0.25, 0.3) is 0 Å². The summed E-state index contributed by atoms with van der Waals surface area (Å²) in [6.45, 7) is 8.00. The number of fused-ring (bicyclic) bond motifs is 1. The second-order valence-corrected chi connectivity index (χ2v) is 5.36. The van der Waals surface area contributed by atoms with Crippen LogP contribution in [0.3, 0.4) is 0 Å². The first-order valence-corrected chi connectivity index (χ1v) is 7.40. The maximum atomic E-state index is 4.30. The summed E-state index contributed by atoms with van der Waals surface area (Å²) in [6.07, 6.45) is 3.31. The minimum atomic E-state index is 0.435. The van der Waals surface area contributed by atoms with Gasteiger partial charge in [0.05, 0.1) is 0 Å². The minimum absolute atomic E-state index is 0.435. The maximum absolute atomic E-state index is 4.30. The highest BCUT2D eigenvalue weighted by molar-refractivity contribution is 5.99. The van der Waals surface area contributed by atoms with Crippen molar-refractivity contribution in [2.75, 3.05) is 25.5 Å². The van der Waals surface area contributed by atoms with Crippen molar-refractivity contribution < 1.29 is 0 Å². The summed E-state index contributed by atoms with van der Waals surface area (Å²) >= 11 is 0. The van der Waals surface area contributed by atoms with Gasteiger partial charge in [0.25, 0.3) is 0 Å². The van der Waals surface area contributed by atoms with Gasteiger partial charge in [0.15, 0.2) is 0 Å². The first-order chi connectivity index (χ1) is 9.72. The molecule has 1 atom stereocenters. The van der Waals surface area contributed by atoms with E-state index in [2.05, 4.69) is 46.5 Å². The zero-order valence-corrected chi connectivity index (χ0v) is 12.6. The topological polar surface area (TPSA) is 36.4 Å². The molecule has 1 heterocycles. The highest BCUT2D eigenvalue weighted by Gasteiger charge is 2.17. The Morgan fingerprint density at radius 1 is 1.45 bits per heavy atom. The Balaban J connectivity index is 1.98. The smallest absolute Gasteiger partial charge is 0.0388 e. The van der Waals surface area contributed by atoms with E-state index in [0.717, 1.165) is 30.8 Å². The Labute approximate surface area is 122 Å². The zero-order valence-electron chi connectivity index (χ0n) is 12.6. The molecule has 0 saturated heterocycles. The van der Waals surface area contributed by atoms with Gasteiger partial charge in [0.2, 0.25) is 0 Å². The van der Waals surface area contributed by atoms with Crippen LogP contribution < -0.4 is 10.6 Å². The van der Waals surface area contributed by atoms with Crippen LogP contribution in [0.2, 0.25) is 0 Å². The van der Waals surface area contributed by atoms with E-state index in [1.807, 2.05) is 14.0 Å². The van der Waals surface area contributed by atoms with E-state index in [0.29, 0.717) is 6.04 Å². The monoisotopic (exact) mass is 271 g/mol. The third-order valence-electron chi connectivity index (χ3n) is 3.84. The summed E-state index contributed by atoms with van der Waals surface area (Å²) in [5.41, 5.74) is 4.83. The predicted octanol–water partition coefficient (Wildman–Crippen LogP) is 3.56. The molecule has 108 valence electrons. The molecule has 2 N–H and O–H groups in total. The Hall–Kier alpha value is -1.61. The van der Waals surface area contributed by atoms with Crippen molar-refractivity contribution >= 4 is 11.4 Å². The van der Waals surface area contributed by atoms with E-state index in [-0.39, 0.29) is 0 Å². The van der Waals surface area contributed by atoms with Crippen molar-refractivity contribution in [3.63, 3.8) is 0 Å². The molecular weight excluding hydrogens is 246 g/mol. The summed E-state index contributed by atoms with van der Waals surface area (Å²) in [5.74, 6) is 0. The number of nitrogens with zero attached hydrogens (tertiary/aromatic N) is 1. The highest BCUT2D eigenvalue weighted by atomic mass is 14.9. The molecule has 3 heteroatoms. The number of allylic oxidation sites excluding steroid dienone is 1. The van der Waals surface area contributed by atoms with Crippen molar-refractivity contribution in [3.8, 4) is 0 Å². The third-order valence-corrected chi connectivity index (χ3v) is 3.84. The number of aliphatic imine (C=N–C) groups is 1. The Bertz CT molecular complexity index is 491. The van der Waals surface area contributed by atoms with Gasteiger partial charge in [-0.05, 0) is 37.0 Å². The first-order valence-electron chi connectivity index (χ1n) is 7.40. The van der Waals surface area contributed by atoms with Crippen LogP contribution in [-0.4, -0.2) is 25.8 Å². The molecule has 0 bridgehead atoms. The van der Waals surface area contributed by atoms with E-state index >= 15 is 0 Å². The summed E-state index contributed by atoms with van der Waals surface area (Å²) in [6, 6.07) is 9.04. The van der Waals surface area contributed by atoms with Gasteiger partial charge in [-0.15, -0.1) is 0 Å². The molecule has 1 aliphatic rings. The number of anilines is 1. The second kappa shape index (κ2) is 7.25. The molecule has 20 heavy (non-hydrogen) atoms. The molecular formula is C17H25N3. The molecule has 2 rings (SSSR count). The summed E-state index contributed by atoms with van der Waals surface area (Å²) in [5, 5.41) is 7.18. The van der Waals surface area contributed by atoms with E-state index in [1.165, 1.54) is 24.1 Å². The van der Waals surface area contributed by atoms with Crippen LogP contribution in [0, 0.1) is 0 Å². The van der Waals surface area contributed by atoms with Gasteiger partial charge >= 0.3 is 0 Å². The Kier molecular flexibility index (Phi) is 5.36. The largest absolute Gasteiger partial charge is 0.385 e. The highest BCUT2D eigenvalue weighted by Crippen LogP contribution is 2.28. The van der Waals surface area contributed by atoms with Crippen molar-refractivity contribution in [1.82, 2.24) is 5.32 Å². The molecule has 1 unspecified atom stereocenters. The molecule has 1 aromatic carbocycles. The molecule has 0 fully saturated rings. The second-order valence-electron chi connectivity index (χ2n) is 5.36. The van der Waals surface area contributed by atoms with Gasteiger partial charge in [-0.1, -0.05) is 24.8 Å². The molecule has 0 radical (unpaired) electrons. The average Bonchev–Trinajstić information content (AvgIpc) is 2.66. The molecule has 0 aliphatic carbocycles. The van der Waals surface area contributed by atoms with Gasteiger partial charge in [-0.3, -0.25) is 4.99 Å². The lowest BCUT2D eigenvalue weighted by molar-refractivity contribution is 0.506. The lowest BCUT2D eigenvalue weighted by atomic mass is 10.0. The van der Waals surface area contributed by atoms with Crippen LogP contribution >= 0.6 is 0 Å². The quantitative estimate of drug-likeness (QED) is 0.803. The fourth-order valence-electron chi connectivity index (χ4n) is 2.74. The number of benzene rings is 1. The van der Waals surface area contributed by atoms with Crippen molar-refractivity contribution in [2.45, 2.75) is 32.2 Å². The molecule has 0 aromatic heterocycles.